The van der Waals surface area contributed by atoms with Gasteiger partial charge in [0.15, 0.2) is 5.78 Å². The second-order valence-electron chi connectivity index (χ2n) is 5.21. The summed E-state index contributed by atoms with van der Waals surface area (Å²) in [6.07, 6.45) is -1.21. The van der Waals surface area contributed by atoms with Gasteiger partial charge in [0.2, 0.25) is 0 Å². The minimum atomic E-state index is -1.21. The van der Waals surface area contributed by atoms with E-state index in [9.17, 15) is 9.90 Å². The Kier molecular flexibility index (Phi) is 4.56. The molecule has 1 N–H and O–H groups in total. The Morgan fingerprint density at radius 2 is 1.43 bits per heavy atom. The number of Topliss-reactive ketones (excluding diaryl/α,β-unsaturated/α-hetero) is 1. The monoisotopic (exact) mass is 322 g/mol. The number of aliphatic hydroxyl groups is 1. The van der Waals surface area contributed by atoms with Crippen LogP contribution in [0.1, 0.15) is 22.0 Å². The van der Waals surface area contributed by atoms with Crippen LogP contribution in [-0.2, 0) is 0 Å². The molecule has 0 saturated heterocycles. The van der Waals surface area contributed by atoms with E-state index in [1.807, 2.05) is 36.4 Å². The summed E-state index contributed by atoms with van der Waals surface area (Å²) in [5.41, 5.74) is 2.48. The van der Waals surface area contributed by atoms with E-state index >= 15 is 0 Å². The Hall–Kier alpha value is -2.42. The predicted octanol–water partition coefficient (Wildman–Crippen LogP) is 4.92. The van der Waals surface area contributed by atoms with Gasteiger partial charge in [-0.1, -0.05) is 84.4 Å². The molecule has 0 aliphatic rings. The van der Waals surface area contributed by atoms with Crippen LogP contribution in [-0.4, -0.2) is 10.9 Å². The number of carbonyl (C=O) groups excluding carboxylic acids is 1. The van der Waals surface area contributed by atoms with E-state index in [0.29, 0.717) is 21.7 Å². The maximum absolute atomic E-state index is 12.8. The highest BCUT2D eigenvalue weighted by molar-refractivity contribution is 6.34. The number of aliphatic hydroxyl groups excluding tert-OH is 1. The number of ketones is 1. The maximum Gasteiger partial charge on any atom is 0.196 e. The summed E-state index contributed by atoms with van der Waals surface area (Å²) in [5.74, 6) is -0.363. The van der Waals surface area contributed by atoms with E-state index in [-0.39, 0.29) is 5.78 Å². The van der Waals surface area contributed by atoms with Crippen LogP contribution in [0.2, 0.25) is 5.02 Å². The normalized spacial score (nSPS) is 11.9. The minimum Gasteiger partial charge on any atom is -0.380 e. The van der Waals surface area contributed by atoms with Gasteiger partial charge >= 0.3 is 0 Å². The van der Waals surface area contributed by atoms with Gasteiger partial charge in [0, 0.05) is 16.1 Å². The molecule has 1 atom stereocenters. The molecule has 0 spiro atoms. The van der Waals surface area contributed by atoms with Gasteiger partial charge in [-0.3, -0.25) is 4.79 Å². The van der Waals surface area contributed by atoms with E-state index in [4.69, 9.17) is 11.6 Å². The summed E-state index contributed by atoms with van der Waals surface area (Å²) in [5, 5.41) is 10.9. The van der Waals surface area contributed by atoms with Crippen molar-refractivity contribution in [2.75, 3.05) is 0 Å². The minimum absolute atomic E-state index is 0.363. The Balaban J connectivity index is 2.07. The first kappa shape index (κ1) is 15.5. The SMILES string of the molecule is O=C(c1cccc(Cl)c1-c1ccccc1)C(O)c1ccccc1. The largest absolute Gasteiger partial charge is 0.380 e. The zero-order valence-corrected chi connectivity index (χ0v) is 13.1. The number of benzene rings is 3. The smallest absolute Gasteiger partial charge is 0.196 e. The van der Waals surface area contributed by atoms with E-state index in [0.717, 1.165) is 5.56 Å². The van der Waals surface area contributed by atoms with Crippen molar-refractivity contribution in [3.05, 3.63) is 95.0 Å². The van der Waals surface area contributed by atoms with Crippen LogP contribution in [0.4, 0.5) is 0 Å². The molecule has 0 radical (unpaired) electrons. The molecule has 0 heterocycles. The number of carbonyl (C=O) groups is 1. The van der Waals surface area contributed by atoms with Gasteiger partial charge in [0.1, 0.15) is 6.10 Å². The summed E-state index contributed by atoms with van der Waals surface area (Å²) >= 11 is 6.32. The molecular formula is C20H15ClO2. The molecule has 3 heteroatoms. The molecule has 3 aromatic carbocycles. The fourth-order valence-electron chi connectivity index (χ4n) is 2.56. The molecule has 3 aromatic rings. The maximum atomic E-state index is 12.8. The number of halogens is 1. The number of hydrogen-bond acceptors (Lipinski definition) is 2. The Morgan fingerprint density at radius 1 is 0.826 bits per heavy atom. The van der Waals surface area contributed by atoms with Gasteiger partial charge in [-0.05, 0) is 17.2 Å². The summed E-state index contributed by atoms with van der Waals surface area (Å²) in [7, 11) is 0. The van der Waals surface area contributed by atoms with Crippen LogP contribution in [0.3, 0.4) is 0 Å². The molecule has 23 heavy (non-hydrogen) atoms. The van der Waals surface area contributed by atoms with Crippen LogP contribution in [0.5, 0.6) is 0 Å². The van der Waals surface area contributed by atoms with Crippen molar-refractivity contribution in [2.24, 2.45) is 0 Å². The highest BCUT2D eigenvalue weighted by Gasteiger charge is 2.23. The molecule has 0 aromatic heterocycles. The molecule has 114 valence electrons. The topological polar surface area (TPSA) is 37.3 Å². The van der Waals surface area contributed by atoms with Crippen molar-refractivity contribution in [1.29, 1.82) is 0 Å². The van der Waals surface area contributed by atoms with Crippen molar-refractivity contribution >= 4 is 17.4 Å². The van der Waals surface area contributed by atoms with Crippen molar-refractivity contribution in [3.63, 3.8) is 0 Å². The third-order valence-electron chi connectivity index (χ3n) is 3.71. The van der Waals surface area contributed by atoms with Gasteiger partial charge in [0.25, 0.3) is 0 Å². The van der Waals surface area contributed by atoms with E-state index in [1.165, 1.54) is 0 Å². The third kappa shape index (κ3) is 3.19. The number of hydrogen-bond donors (Lipinski definition) is 1. The summed E-state index contributed by atoms with van der Waals surface area (Å²) < 4.78 is 0. The van der Waals surface area contributed by atoms with Gasteiger partial charge in [-0.15, -0.1) is 0 Å². The standard InChI is InChI=1S/C20H15ClO2/c21-17-13-7-12-16(18(17)14-8-3-1-4-9-14)20(23)19(22)15-10-5-2-6-11-15/h1-13,19,22H. The van der Waals surface area contributed by atoms with Gasteiger partial charge in [0.05, 0.1) is 0 Å². The fourth-order valence-corrected chi connectivity index (χ4v) is 2.85. The Labute approximate surface area is 140 Å². The first-order chi connectivity index (χ1) is 11.2. The second-order valence-corrected chi connectivity index (χ2v) is 5.61. The second kappa shape index (κ2) is 6.78. The van der Waals surface area contributed by atoms with Crippen molar-refractivity contribution in [3.8, 4) is 11.1 Å². The highest BCUT2D eigenvalue weighted by Crippen LogP contribution is 2.33. The summed E-state index contributed by atoms with van der Waals surface area (Å²) in [6, 6.07) is 23.5. The summed E-state index contributed by atoms with van der Waals surface area (Å²) in [6.45, 7) is 0. The molecule has 3 rings (SSSR count). The van der Waals surface area contributed by atoms with Crippen molar-refractivity contribution < 1.29 is 9.90 Å². The molecule has 1 unspecified atom stereocenters. The highest BCUT2D eigenvalue weighted by atomic mass is 35.5. The summed E-state index contributed by atoms with van der Waals surface area (Å²) in [4.78, 5) is 12.8. The van der Waals surface area contributed by atoms with Gasteiger partial charge < -0.3 is 5.11 Å². The molecule has 0 saturated carbocycles. The molecule has 0 amide bonds. The van der Waals surface area contributed by atoms with Crippen molar-refractivity contribution in [1.82, 2.24) is 0 Å². The fraction of sp³-hybridized carbons (Fsp3) is 0.0500. The lowest BCUT2D eigenvalue weighted by Gasteiger charge is -2.15. The average Bonchev–Trinajstić information content (AvgIpc) is 2.61. The zero-order chi connectivity index (χ0) is 16.2. The molecule has 0 aliphatic heterocycles. The Morgan fingerprint density at radius 3 is 2.09 bits per heavy atom. The lowest BCUT2D eigenvalue weighted by molar-refractivity contribution is 0.0748. The lowest BCUT2D eigenvalue weighted by Crippen LogP contribution is -2.13. The lowest BCUT2D eigenvalue weighted by atomic mass is 9.92. The first-order valence-electron chi connectivity index (χ1n) is 7.29. The van der Waals surface area contributed by atoms with Crippen LogP contribution in [0, 0.1) is 0 Å². The molecule has 0 aliphatic carbocycles. The molecule has 0 fully saturated rings. The van der Waals surface area contributed by atoms with Crippen molar-refractivity contribution in [2.45, 2.75) is 6.10 Å². The van der Waals surface area contributed by atoms with Crippen LogP contribution >= 0.6 is 11.6 Å². The van der Waals surface area contributed by atoms with E-state index in [2.05, 4.69) is 0 Å². The molecular weight excluding hydrogens is 308 g/mol. The molecule has 2 nitrogen and oxygen atoms in total. The van der Waals surface area contributed by atoms with Crippen LogP contribution in [0.15, 0.2) is 78.9 Å². The third-order valence-corrected chi connectivity index (χ3v) is 4.02. The first-order valence-corrected chi connectivity index (χ1v) is 7.67. The van der Waals surface area contributed by atoms with E-state index in [1.54, 1.807) is 42.5 Å². The molecule has 0 bridgehead atoms. The number of rotatable bonds is 4. The zero-order valence-electron chi connectivity index (χ0n) is 12.3. The van der Waals surface area contributed by atoms with Crippen LogP contribution in [0.25, 0.3) is 11.1 Å². The van der Waals surface area contributed by atoms with E-state index < -0.39 is 6.10 Å². The average molecular weight is 323 g/mol. The Bertz CT molecular complexity index is 814. The quantitative estimate of drug-likeness (QED) is 0.692. The van der Waals surface area contributed by atoms with Gasteiger partial charge in [-0.25, -0.2) is 0 Å². The van der Waals surface area contributed by atoms with Crippen LogP contribution < -0.4 is 0 Å². The predicted molar refractivity (Wildman–Crippen MR) is 92.6 cm³/mol. The van der Waals surface area contributed by atoms with Gasteiger partial charge in [-0.2, -0.15) is 0 Å².